The molecule has 0 unspecified atom stereocenters. The van der Waals surface area contributed by atoms with Gasteiger partial charge >= 0.3 is 0 Å². The first-order chi connectivity index (χ1) is 11.1. The minimum Gasteiger partial charge on any atom is -1.00 e. The number of halogens is 2. The van der Waals surface area contributed by atoms with E-state index in [1.54, 1.807) is 19.5 Å². The molecule has 0 aliphatic carbocycles. The average molecular weight is 416 g/mol. The average Bonchev–Trinajstić information content (AvgIpc) is 2.54. The number of nitrogens with zero attached hydrogens (tertiary/aromatic N) is 1. The number of hydrogen-bond donors (Lipinski definition) is 2. The first-order valence-corrected chi connectivity index (χ1v) is 7.76. The summed E-state index contributed by atoms with van der Waals surface area (Å²) in [5, 5.41) is 3.35. The molecule has 130 valence electrons. The molecule has 2 aromatic rings. The lowest BCUT2D eigenvalue weighted by atomic mass is 10.2. The second kappa shape index (κ2) is 10.1. The highest BCUT2D eigenvalue weighted by Crippen LogP contribution is 2.36. The maximum Gasteiger partial charge on any atom is 0.255 e. The van der Waals surface area contributed by atoms with Gasteiger partial charge in [-0.15, -0.1) is 0 Å². The van der Waals surface area contributed by atoms with Crippen LogP contribution in [0.2, 0.25) is 0 Å². The summed E-state index contributed by atoms with van der Waals surface area (Å²) < 4.78 is 11.4. The van der Waals surface area contributed by atoms with Gasteiger partial charge in [0.15, 0.2) is 18.1 Å². The Labute approximate surface area is 155 Å². The number of amides is 1. The quantitative estimate of drug-likeness (QED) is 0.578. The molecule has 8 heteroatoms. The van der Waals surface area contributed by atoms with Gasteiger partial charge in [0.25, 0.3) is 5.91 Å². The lowest BCUT2D eigenvalue weighted by Crippen LogP contribution is -3.00. The van der Waals surface area contributed by atoms with Gasteiger partial charge in [-0.1, -0.05) is 0 Å². The van der Waals surface area contributed by atoms with E-state index in [1.165, 1.54) is 0 Å². The fraction of sp³-hybridized carbons (Fsp3) is 0.250. The molecule has 1 aromatic carbocycles. The minimum absolute atomic E-state index is 0. The molecule has 0 atom stereocenters. The molecule has 3 N–H and O–H groups in total. The van der Waals surface area contributed by atoms with Crippen LogP contribution in [0, 0.1) is 0 Å². The normalized spacial score (nSPS) is 9.92. The van der Waals surface area contributed by atoms with Crippen molar-refractivity contribution < 1.29 is 26.7 Å². The summed E-state index contributed by atoms with van der Waals surface area (Å²) >= 11 is 3.43. The number of benzene rings is 1. The third-order valence-electron chi connectivity index (χ3n) is 3.06. The molecule has 0 fully saturated rings. The SMILES string of the molecule is COc1cc(CNCc2ccncc2)cc(Br)c1OCC(N)=O.[Cl-]. The van der Waals surface area contributed by atoms with Gasteiger partial charge in [-0.25, -0.2) is 0 Å². The van der Waals surface area contributed by atoms with E-state index in [4.69, 9.17) is 15.2 Å². The van der Waals surface area contributed by atoms with E-state index in [0.717, 1.165) is 17.7 Å². The molecule has 1 amide bonds. The molecule has 6 nitrogen and oxygen atoms in total. The zero-order chi connectivity index (χ0) is 16.7. The van der Waals surface area contributed by atoms with Crippen LogP contribution < -0.4 is 32.9 Å². The van der Waals surface area contributed by atoms with E-state index in [2.05, 4.69) is 26.2 Å². The second-order valence-electron chi connectivity index (χ2n) is 4.82. The van der Waals surface area contributed by atoms with Gasteiger partial charge in [0.05, 0.1) is 11.6 Å². The van der Waals surface area contributed by atoms with E-state index in [9.17, 15) is 4.79 Å². The predicted molar refractivity (Wildman–Crippen MR) is 90.2 cm³/mol. The van der Waals surface area contributed by atoms with Crippen molar-refractivity contribution in [3.8, 4) is 11.5 Å². The highest BCUT2D eigenvalue weighted by Gasteiger charge is 2.12. The maximum atomic E-state index is 10.9. The van der Waals surface area contributed by atoms with Crippen LogP contribution in [0.5, 0.6) is 11.5 Å². The topological polar surface area (TPSA) is 86.5 Å². The van der Waals surface area contributed by atoms with E-state index in [-0.39, 0.29) is 19.0 Å². The van der Waals surface area contributed by atoms with Gasteiger partial charge in [-0.05, 0) is 51.3 Å². The van der Waals surface area contributed by atoms with E-state index in [0.29, 0.717) is 22.5 Å². The summed E-state index contributed by atoms with van der Waals surface area (Å²) in [4.78, 5) is 14.8. The summed E-state index contributed by atoms with van der Waals surface area (Å²) in [6.07, 6.45) is 3.53. The van der Waals surface area contributed by atoms with Gasteiger partial charge in [0.1, 0.15) is 0 Å². The van der Waals surface area contributed by atoms with Crippen molar-refractivity contribution in [1.29, 1.82) is 0 Å². The standard InChI is InChI=1S/C16H18BrN3O3.ClH/c1-22-14-7-12(6-13(17)16(14)23-10-15(18)21)9-20-8-11-2-4-19-5-3-11;/h2-7,20H,8-10H2,1H3,(H2,18,21);1H/p-1. The molecule has 24 heavy (non-hydrogen) atoms. The lowest BCUT2D eigenvalue weighted by molar-refractivity contribution is -0.119. The van der Waals surface area contributed by atoms with Crippen molar-refractivity contribution in [3.05, 3.63) is 52.3 Å². The minimum atomic E-state index is -0.540. The van der Waals surface area contributed by atoms with Crippen molar-refractivity contribution in [3.63, 3.8) is 0 Å². The van der Waals surface area contributed by atoms with Crippen LogP contribution in [0.3, 0.4) is 0 Å². The molecule has 2 rings (SSSR count). The van der Waals surface area contributed by atoms with Crippen LogP contribution in [0.15, 0.2) is 41.1 Å². The predicted octanol–water partition coefficient (Wildman–Crippen LogP) is -0.989. The number of hydrogen-bond acceptors (Lipinski definition) is 5. The number of aromatic nitrogens is 1. The van der Waals surface area contributed by atoms with Gasteiger partial charge in [-0.2, -0.15) is 0 Å². The van der Waals surface area contributed by atoms with Crippen molar-refractivity contribution >= 4 is 21.8 Å². The Kier molecular flexibility index (Phi) is 8.53. The van der Waals surface area contributed by atoms with E-state index in [1.807, 2.05) is 24.3 Å². The summed E-state index contributed by atoms with van der Waals surface area (Å²) in [5.74, 6) is 0.465. The number of nitrogens with one attached hydrogen (secondary N) is 1. The van der Waals surface area contributed by atoms with Crippen LogP contribution in [0.1, 0.15) is 11.1 Å². The molecular weight excluding hydrogens is 398 g/mol. The van der Waals surface area contributed by atoms with Gasteiger partial charge in [-0.3, -0.25) is 9.78 Å². The van der Waals surface area contributed by atoms with Gasteiger partial charge in [0, 0.05) is 25.5 Å². The molecule has 1 heterocycles. The number of pyridine rings is 1. The molecular formula is C16H18BrClN3O3-. The first-order valence-electron chi connectivity index (χ1n) is 6.97. The highest BCUT2D eigenvalue weighted by molar-refractivity contribution is 9.10. The molecule has 0 aliphatic heterocycles. The molecule has 0 saturated carbocycles. The molecule has 0 bridgehead atoms. The Bertz CT molecular complexity index is 671. The van der Waals surface area contributed by atoms with E-state index < -0.39 is 5.91 Å². The largest absolute Gasteiger partial charge is 1.00 e. The maximum absolute atomic E-state index is 10.9. The Morgan fingerprint density at radius 3 is 2.54 bits per heavy atom. The zero-order valence-corrected chi connectivity index (χ0v) is 15.4. The van der Waals surface area contributed by atoms with Crippen molar-refractivity contribution in [2.24, 2.45) is 5.73 Å². The highest BCUT2D eigenvalue weighted by atomic mass is 79.9. The van der Waals surface area contributed by atoms with Crippen molar-refractivity contribution in [2.45, 2.75) is 13.1 Å². The third-order valence-corrected chi connectivity index (χ3v) is 3.64. The molecule has 0 saturated heterocycles. The molecule has 1 aromatic heterocycles. The third kappa shape index (κ3) is 5.99. The Hall–Kier alpha value is -1.83. The fourth-order valence-corrected chi connectivity index (χ4v) is 2.61. The monoisotopic (exact) mass is 414 g/mol. The van der Waals surface area contributed by atoms with Crippen LogP contribution in [0.25, 0.3) is 0 Å². The number of ether oxygens (including phenoxy) is 2. The van der Waals surface area contributed by atoms with Crippen LogP contribution in [-0.2, 0) is 17.9 Å². The molecule has 0 radical (unpaired) electrons. The summed E-state index contributed by atoms with van der Waals surface area (Å²) in [5.41, 5.74) is 7.28. The van der Waals surface area contributed by atoms with Crippen LogP contribution >= 0.6 is 15.9 Å². The van der Waals surface area contributed by atoms with Crippen LogP contribution in [-0.4, -0.2) is 24.6 Å². The number of nitrogens with two attached hydrogens (primary N) is 1. The first kappa shape index (κ1) is 20.2. The van der Waals surface area contributed by atoms with Crippen molar-refractivity contribution in [2.75, 3.05) is 13.7 Å². The Balaban J connectivity index is 0.00000288. The lowest BCUT2D eigenvalue weighted by Gasteiger charge is -2.14. The number of rotatable bonds is 8. The van der Waals surface area contributed by atoms with Crippen molar-refractivity contribution in [1.82, 2.24) is 10.3 Å². The second-order valence-corrected chi connectivity index (χ2v) is 5.68. The number of carbonyl (C=O) groups excluding carboxylic acids is 1. The number of carbonyl (C=O) groups is 1. The van der Waals surface area contributed by atoms with Gasteiger partial charge in [0.2, 0.25) is 0 Å². The fourth-order valence-electron chi connectivity index (χ4n) is 2.01. The van der Waals surface area contributed by atoms with Crippen LogP contribution in [0.4, 0.5) is 0 Å². The summed E-state index contributed by atoms with van der Waals surface area (Å²) in [6, 6.07) is 7.70. The summed E-state index contributed by atoms with van der Waals surface area (Å²) in [6.45, 7) is 1.20. The Morgan fingerprint density at radius 2 is 1.92 bits per heavy atom. The smallest absolute Gasteiger partial charge is 0.255 e. The number of methoxy groups -OCH3 is 1. The van der Waals surface area contributed by atoms with E-state index >= 15 is 0 Å². The van der Waals surface area contributed by atoms with Gasteiger partial charge < -0.3 is 32.9 Å². The molecule has 0 aliphatic rings. The summed E-state index contributed by atoms with van der Waals surface area (Å²) in [7, 11) is 1.55. The number of primary amides is 1. The Morgan fingerprint density at radius 1 is 1.25 bits per heavy atom. The molecule has 0 spiro atoms. The zero-order valence-electron chi connectivity index (χ0n) is 13.1.